The zero-order valence-electron chi connectivity index (χ0n) is 9.74. The van der Waals surface area contributed by atoms with Crippen LogP contribution in [0, 0.1) is 0 Å². The maximum absolute atomic E-state index is 11.7. The van der Waals surface area contributed by atoms with Crippen molar-refractivity contribution < 1.29 is 12.6 Å². The minimum atomic E-state index is -3.37. The zero-order chi connectivity index (χ0) is 11.7. The second-order valence-electron chi connectivity index (χ2n) is 3.63. The molecule has 0 fully saturated rings. The van der Waals surface area contributed by atoms with Crippen molar-refractivity contribution in [2.75, 3.05) is 13.2 Å². The Kier molecular flexibility index (Phi) is 8.00. The molecule has 0 aromatic rings. The van der Waals surface area contributed by atoms with Crippen LogP contribution in [0.5, 0.6) is 0 Å². The molecule has 0 rings (SSSR count). The summed E-state index contributed by atoms with van der Waals surface area (Å²) in [6.07, 6.45) is 3.83. The van der Waals surface area contributed by atoms with E-state index in [0.717, 1.165) is 12.8 Å². The van der Waals surface area contributed by atoms with E-state index in [2.05, 4.69) is 6.92 Å². The molecule has 92 valence electrons. The van der Waals surface area contributed by atoms with E-state index in [1.165, 1.54) is 0 Å². The predicted molar refractivity (Wildman–Crippen MR) is 62.1 cm³/mol. The molecule has 0 radical (unpaired) electrons. The number of rotatable bonds is 9. The summed E-state index contributed by atoms with van der Waals surface area (Å²) in [7, 11) is -3.37. The number of hydrogen-bond donors (Lipinski definition) is 1. The lowest BCUT2D eigenvalue weighted by atomic mass is 10.2. The van der Waals surface area contributed by atoms with Gasteiger partial charge in [-0.2, -0.15) is 8.42 Å². The molecule has 0 saturated heterocycles. The van der Waals surface area contributed by atoms with Gasteiger partial charge in [-0.15, -0.1) is 0 Å². The van der Waals surface area contributed by atoms with Crippen molar-refractivity contribution in [2.24, 2.45) is 5.73 Å². The third-order valence-electron chi connectivity index (χ3n) is 2.34. The number of unbranched alkanes of at least 4 members (excludes halogenated alkanes) is 1. The van der Waals surface area contributed by atoms with Gasteiger partial charge in [0, 0.05) is 0 Å². The van der Waals surface area contributed by atoms with Gasteiger partial charge in [0.1, 0.15) is 0 Å². The lowest BCUT2D eigenvalue weighted by molar-refractivity contribution is 0.305. The van der Waals surface area contributed by atoms with Crippen molar-refractivity contribution in [3.8, 4) is 0 Å². The van der Waals surface area contributed by atoms with Gasteiger partial charge >= 0.3 is 0 Å². The van der Waals surface area contributed by atoms with Crippen molar-refractivity contribution in [3.63, 3.8) is 0 Å². The molecule has 0 aromatic heterocycles. The molecule has 0 heterocycles. The Morgan fingerprint density at radius 3 is 2.40 bits per heavy atom. The molecular formula is C10H23NO3S. The van der Waals surface area contributed by atoms with Crippen molar-refractivity contribution in [3.05, 3.63) is 0 Å². The van der Waals surface area contributed by atoms with Crippen molar-refractivity contribution in [1.82, 2.24) is 0 Å². The number of nitrogens with two attached hydrogens (primary N) is 1. The molecule has 0 amide bonds. The molecule has 2 N–H and O–H groups in total. The van der Waals surface area contributed by atoms with Crippen LogP contribution >= 0.6 is 0 Å². The summed E-state index contributed by atoms with van der Waals surface area (Å²) >= 11 is 0. The molecule has 5 heteroatoms. The standard InChI is InChI=1S/C10H23NO3S/c1-3-5-7-10(4-2)15(12,13)14-9-6-8-11/h10H,3-9,11H2,1-2H3. The van der Waals surface area contributed by atoms with Crippen LogP contribution in [-0.4, -0.2) is 26.8 Å². The summed E-state index contributed by atoms with van der Waals surface area (Å²) in [5, 5.41) is -0.352. The van der Waals surface area contributed by atoms with Crippen molar-refractivity contribution >= 4 is 10.1 Å². The highest BCUT2D eigenvalue weighted by Gasteiger charge is 2.23. The first kappa shape index (κ1) is 14.9. The van der Waals surface area contributed by atoms with Gasteiger partial charge in [0.25, 0.3) is 10.1 Å². The van der Waals surface area contributed by atoms with Crippen LogP contribution in [0.25, 0.3) is 0 Å². The topological polar surface area (TPSA) is 69.4 Å². The van der Waals surface area contributed by atoms with Crippen LogP contribution in [0.1, 0.15) is 46.0 Å². The molecule has 0 aromatic carbocycles. The van der Waals surface area contributed by atoms with E-state index in [9.17, 15) is 8.42 Å². The Hall–Kier alpha value is -0.130. The monoisotopic (exact) mass is 237 g/mol. The molecule has 0 aliphatic carbocycles. The average molecular weight is 237 g/mol. The van der Waals surface area contributed by atoms with Crippen molar-refractivity contribution in [2.45, 2.75) is 51.2 Å². The summed E-state index contributed by atoms with van der Waals surface area (Å²) in [5.41, 5.74) is 5.27. The van der Waals surface area contributed by atoms with Gasteiger partial charge in [0.15, 0.2) is 0 Å². The van der Waals surface area contributed by atoms with Gasteiger partial charge in [0.2, 0.25) is 0 Å². The Labute approximate surface area is 93.3 Å². The minimum Gasteiger partial charge on any atom is -0.330 e. The van der Waals surface area contributed by atoms with Crippen LogP contribution in [0.2, 0.25) is 0 Å². The Morgan fingerprint density at radius 2 is 1.93 bits per heavy atom. The maximum Gasteiger partial charge on any atom is 0.270 e. The Balaban J connectivity index is 4.13. The highest BCUT2D eigenvalue weighted by molar-refractivity contribution is 7.87. The summed E-state index contributed by atoms with van der Waals surface area (Å²) in [6, 6.07) is 0. The minimum absolute atomic E-state index is 0.210. The molecule has 0 saturated carbocycles. The molecule has 0 aliphatic heterocycles. The molecular weight excluding hydrogens is 214 g/mol. The SMILES string of the molecule is CCCCC(CC)S(=O)(=O)OCCCN. The van der Waals surface area contributed by atoms with Gasteiger partial charge in [-0.3, -0.25) is 4.18 Å². The highest BCUT2D eigenvalue weighted by Crippen LogP contribution is 2.15. The lowest BCUT2D eigenvalue weighted by Gasteiger charge is -2.14. The Morgan fingerprint density at radius 1 is 1.27 bits per heavy atom. The van der Waals surface area contributed by atoms with E-state index in [1.807, 2.05) is 6.92 Å². The fraction of sp³-hybridized carbons (Fsp3) is 1.00. The Bertz CT molecular complexity index is 239. The van der Waals surface area contributed by atoms with Gasteiger partial charge < -0.3 is 5.73 Å². The summed E-state index contributed by atoms with van der Waals surface area (Å²) in [5.74, 6) is 0. The fourth-order valence-electron chi connectivity index (χ4n) is 1.34. The molecule has 4 nitrogen and oxygen atoms in total. The van der Waals surface area contributed by atoms with E-state index < -0.39 is 10.1 Å². The zero-order valence-corrected chi connectivity index (χ0v) is 10.6. The second kappa shape index (κ2) is 8.07. The van der Waals surface area contributed by atoms with E-state index in [4.69, 9.17) is 9.92 Å². The van der Waals surface area contributed by atoms with Crippen LogP contribution in [0.4, 0.5) is 0 Å². The summed E-state index contributed by atoms with van der Waals surface area (Å²) in [6.45, 7) is 4.60. The second-order valence-corrected chi connectivity index (χ2v) is 5.52. The first-order chi connectivity index (χ1) is 7.08. The number of hydrogen-bond acceptors (Lipinski definition) is 4. The van der Waals surface area contributed by atoms with E-state index in [-0.39, 0.29) is 11.9 Å². The van der Waals surface area contributed by atoms with Crippen molar-refractivity contribution in [1.29, 1.82) is 0 Å². The lowest BCUT2D eigenvalue weighted by Crippen LogP contribution is -2.24. The fourth-order valence-corrected chi connectivity index (χ4v) is 2.75. The molecule has 0 aliphatic rings. The van der Waals surface area contributed by atoms with E-state index in [0.29, 0.717) is 25.8 Å². The molecule has 0 bridgehead atoms. The molecule has 1 atom stereocenters. The molecule has 15 heavy (non-hydrogen) atoms. The van der Waals surface area contributed by atoms with Gasteiger partial charge in [-0.1, -0.05) is 26.7 Å². The largest absolute Gasteiger partial charge is 0.330 e. The van der Waals surface area contributed by atoms with Gasteiger partial charge in [0.05, 0.1) is 11.9 Å². The molecule has 0 spiro atoms. The third-order valence-corrected chi connectivity index (χ3v) is 4.22. The normalized spacial score (nSPS) is 14.1. The van der Waals surface area contributed by atoms with Crippen LogP contribution in [-0.2, 0) is 14.3 Å². The first-order valence-electron chi connectivity index (χ1n) is 5.66. The van der Waals surface area contributed by atoms with E-state index >= 15 is 0 Å². The van der Waals surface area contributed by atoms with Gasteiger partial charge in [-0.05, 0) is 25.8 Å². The van der Waals surface area contributed by atoms with Crippen LogP contribution in [0.3, 0.4) is 0 Å². The highest BCUT2D eigenvalue weighted by atomic mass is 32.2. The first-order valence-corrected chi connectivity index (χ1v) is 7.13. The summed E-state index contributed by atoms with van der Waals surface area (Å²) < 4.78 is 28.3. The average Bonchev–Trinajstić information content (AvgIpc) is 2.19. The van der Waals surface area contributed by atoms with E-state index in [1.54, 1.807) is 0 Å². The van der Waals surface area contributed by atoms with Gasteiger partial charge in [-0.25, -0.2) is 0 Å². The quantitative estimate of drug-likeness (QED) is 0.489. The predicted octanol–water partition coefficient (Wildman–Crippen LogP) is 1.65. The smallest absolute Gasteiger partial charge is 0.270 e. The third kappa shape index (κ3) is 6.12. The van der Waals surface area contributed by atoms with Crippen LogP contribution < -0.4 is 5.73 Å². The maximum atomic E-state index is 11.7. The summed E-state index contributed by atoms with van der Waals surface area (Å²) in [4.78, 5) is 0. The molecule has 1 unspecified atom stereocenters. The van der Waals surface area contributed by atoms with Crippen LogP contribution in [0.15, 0.2) is 0 Å².